The number of Topliss-reactive ketones (excluding diaryl/α,β-unsaturated/α-hetero) is 1. The summed E-state index contributed by atoms with van der Waals surface area (Å²) >= 11 is 3.35. The molecule has 0 aliphatic carbocycles. The summed E-state index contributed by atoms with van der Waals surface area (Å²) in [4.78, 5) is 25.3. The molecular weight excluding hydrogens is 320 g/mol. The first-order chi connectivity index (χ1) is 9.56. The molecule has 1 N–H and O–H groups in total. The Kier molecular flexibility index (Phi) is 7.47. The van der Waals surface area contributed by atoms with Crippen LogP contribution < -0.4 is 5.32 Å². The second-order valence-corrected chi connectivity index (χ2v) is 5.49. The van der Waals surface area contributed by atoms with Crippen molar-refractivity contribution in [1.82, 2.24) is 10.2 Å². The Morgan fingerprint density at radius 1 is 1.25 bits per heavy atom. The molecule has 0 fully saturated rings. The Morgan fingerprint density at radius 3 is 2.45 bits per heavy atom. The summed E-state index contributed by atoms with van der Waals surface area (Å²) in [7, 11) is 1.63. The van der Waals surface area contributed by atoms with Crippen molar-refractivity contribution in [2.45, 2.75) is 19.8 Å². The lowest BCUT2D eigenvalue weighted by atomic mass is 10.1. The van der Waals surface area contributed by atoms with Crippen LogP contribution in [0.2, 0.25) is 0 Å². The molecule has 0 aromatic heterocycles. The van der Waals surface area contributed by atoms with E-state index in [1.807, 2.05) is 36.1 Å². The number of hydrogen-bond donors (Lipinski definition) is 1. The van der Waals surface area contributed by atoms with E-state index in [4.69, 9.17) is 0 Å². The lowest BCUT2D eigenvalue weighted by molar-refractivity contribution is -0.121. The number of carbonyl (C=O) groups excluding carboxylic acids is 2. The van der Waals surface area contributed by atoms with Crippen LogP contribution in [-0.4, -0.2) is 43.3 Å². The van der Waals surface area contributed by atoms with Crippen LogP contribution >= 0.6 is 15.9 Å². The summed E-state index contributed by atoms with van der Waals surface area (Å²) in [6.07, 6.45) is 1.27. The molecule has 1 amide bonds. The third kappa shape index (κ3) is 5.84. The van der Waals surface area contributed by atoms with Crippen molar-refractivity contribution in [2.24, 2.45) is 0 Å². The Hall–Kier alpha value is -1.20. The number of carbonyl (C=O) groups is 2. The first-order valence-corrected chi connectivity index (χ1v) is 7.57. The molecule has 0 spiro atoms. The predicted molar refractivity (Wildman–Crippen MR) is 83.9 cm³/mol. The number of rotatable bonds is 8. The van der Waals surface area contributed by atoms with Crippen molar-refractivity contribution in [1.29, 1.82) is 0 Å². The van der Waals surface area contributed by atoms with Crippen LogP contribution in [0.5, 0.6) is 0 Å². The molecule has 0 aliphatic rings. The molecule has 5 heteroatoms. The molecule has 0 heterocycles. The second kappa shape index (κ2) is 8.87. The largest absolute Gasteiger partial charge is 0.358 e. The highest BCUT2D eigenvalue weighted by Gasteiger charge is 2.09. The van der Waals surface area contributed by atoms with E-state index in [0.29, 0.717) is 13.0 Å². The van der Waals surface area contributed by atoms with E-state index in [1.165, 1.54) is 0 Å². The molecule has 1 aromatic rings. The summed E-state index contributed by atoms with van der Waals surface area (Å²) < 4.78 is 0.969. The van der Waals surface area contributed by atoms with Gasteiger partial charge in [0.1, 0.15) is 0 Å². The van der Waals surface area contributed by atoms with Crippen LogP contribution in [0.15, 0.2) is 28.7 Å². The van der Waals surface area contributed by atoms with Crippen LogP contribution in [0, 0.1) is 0 Å². The van der Waals surface area contributed by atoms with Gasteiger partial charge in [-0.3, -0.25) is 14.5 Å². The molecule has 4 nitrogen and oxygen atoms in total. The van der Waals surface area contributed by atoms with E-state index in [1.54, 1.807) is 7.05 Å². The topological polar surface area (TPSA) is 49.4 Å². The summed E-state index contributed by atoms with van der Waals surface area (Å²) in [5.41, 5.74) is 0.738. The minimum Gasteiger partial charge on any atom is -0.358 e. The van der Waals surface area contributed by atoms with E-state index >= 15 is 0 Å². The fraction of sp³-hybridized carbons (Fsp3) is 0.467. The van der Waals surface area contributed by atoms with Crippen molar-refractivity contribution >= 4 is 27.6 Å². The zero-order valence-corrected chi connectivity index (χ0v) is 13.6. The van der Waals surface area contributed by atoms with Gasteiger partial charge in [-0.1, -0.05) is 35.0 Å². The summed E-state index contributed by atoms with van der Waals surface area (Å²) in [6.45, 7) is 3.96. The van der Waals surface area contributed by atoms with E-state index in [9.17, 15) is 9.59 Å². The molecule has 0 saturated carbocycles. The van der Waals surface area contributed by atoms with E-state index in [0.717, 1.165) is 29.5 Å². The average molecular weight is 341 g/mol. The highest BCUT2D eigenvalue weighted by Crippen LogP contribution is 2.12. The zero-order chi connectivity index (χ0) is 15.0. The summed E-state index contributed by atoms with van der Waals surface area (Å²) in [5.74, 6) is 0.152. The fourth-order valence-electron chi connectivity index (χ4n) is 1.87. The van der Waals surface area contributed by atoms with Crippen molar-refractivity contribution in [3.63, 3.8) is 0 Å². The van der Waals surface area contributed by atoms with Crippen LogP contribution in [0.25, 0.3) is 0 Å². The van der Waals surface area contributed by atoms with Gasteiger partial charge in [0.15, 0.2) is 5.78 Å². The number of halogens is 1. The molecule has 0 saturated heterocycles. The first kappa shape index (κ1) is 16.9. The Balaban J connectivity index is 2.37. The van der Waals surface area contributed by atoms with E-state index < -0.39 is 0 Å². The number of likely N-dealkylation sites (N-methyl/N-ethyl adjacent to an activating group) is 2. The second-order valence-electron chi connectivity index (χ2n) is 4.58. The highest BCUT2D eigenvalue weighted by atomic mass is 79.9. The van der Waals surface area contributed by atoms with Crippen LogP contribution in [0.4, 0.5) is 0 Å². The van der Waals surface area contributed by atoms with Crippen LogP contribution in [0.1, 0.15) is 30.1 Å². The number of nitrogens with zero attached hydrogens (tertiary/aromatic N) is 1. The highest BCUT2D eigenvalue weighted by molar-refractivity contribution is 9.10. The van der Waals surface area contributed by atoms with Crippen LogP contribution in [0.3, 0.4) is 0 Å². The number of nitrogens with one attached hydrogen (secondary N) is 1. The quantitative estimate of drug-likeness (QED) is 0.739. The summed E-state index contributed by atoms with van der Waals surface area (Å²) in [6, 6.07) is 7.40. The molecule has 1 aromatic carbocycles. The van der Waals surface area contributed by atoms with Crippen molar-refractivity contribution in [2.75, 3.05) is 26.7 Å². The maximum Gasteiger partial charge on any atom is 0.233 e. The number of benzene rings is 1. The molecule has 0 aliphatic heterocycles. The number of hydrogen-bond acceptors (Lipinski definition) is 3. The van der Waals surface area contributed by atoms with Gasteiger partial charge in [0.2, 0.25) is 5.91 Å². The Bertz CT molecular complexity index is 446. The minimum atomic E-state index is 0.00564. The monoisotopic (exact) mass is 340 g/mol. The maximum atomic E-state index is 12.0. The molecule has 0 bridgehead atoms. The van der Waals surface area contributed by atoms with Crippen molar-refractivity contribution < 1.29 is 9.59 Å². The lowest BCUT2D eigenvalue weighted by Crippen LogP contribution is -2.36. The van der Waals surface area contributed by atoms with Gasteiger partial charge in [0.25, 0.3) is 0 Å². The molecule has 20 heavy (non-hydrogen) atoms. The van der Waals surface area contributed by atoms with Gasteiger partial charge in [-0.15, -0.1) is 0 Å². The lowest BCUT2D eigenvalue weighted by Gasteiger charge is -2.18. The number of ketones is 1. The van der Waals surface area contributed by atoms with Gasteiger partial charge in [-0.25, -0.2) is 0 Å². The van der Waals surface area contributed by atoms with E-state index in [-0.39, 0.29) is 11.7 Å². The summed E-state index contributed by atoms with van der Waals surface area (Å²) in [5, 5.41) is 2.61. The van der Waals surface area contributed by atoms with Gasteiger partial charge in [-0.05, 0) is 31.6 Å². The molecule has 0 unspecified atom stereocenters. The third-order valence-corrected chi connectivity index (χ3v) is 3.67. The Morgan fingerprint density at radius 2 is 1.90 bits per heavy atom. The molecule has 0 radical (unpaired) electrons. The molecule has 0 atom stereocenters. The van der Waals surface area contributed by atoms with Crippen LogP contribution in [-0.2, 0) is 4.79 Å². The Labute approximate surface area is 128 Å². The standard InChI is InChI=1S/C15H21BrN2O2/c1-3-18(11-15(20)17-2)10-4-5-14(19)12-6-8-13(16)9-7-12/h6-9H,3-5,10-11H2,1-2H3,(H,17,20). The normalized spacial score (nSPS) is 10.6. The van der Waals surface area contributed by atoms with Gasteiger partial charge < -0.3 is 5.32 Å². The third-order valence-electron chi connectivity index (χ3n) is 3.14. The van der Waals surface area contributed by atoms with Gasteiger partial charge in [-0.2, -0.15) is 0 Å². The predicted octanol–water partition coefficient (Wildman–Crippen LogP) is 2.48. The van der Waals surface area contributed by atoms with Gasteiger partial charge >= 0.3 is 0 Å². The number of amides is 1. The zero-order valence-electron chi connectivity index (χ0n) is 12.0. The average Bonchev–Trinajstić information content (AvgIpc) is 2.46. The van der Waals surface area contributed by atoms with Gasteiger partial charge in [0, 0.05) is 23.5 Å². The fourth-order valence-corrected chi connectivity index (χ4v) is 2.14. The van der Waals surface area contributed by atoms with Crippen molar-refractivity contribution in [3.8, 4) is 0 Å². The van der Waals surface area contributed by atoms with Gasteiger partial charge in [0.05, 0.1) is 6.54 Å². The maximum absolute atomic E-state index is 12.0. The molecular formula is C15H21BrN2O2. The SMILES string of the molecule is CCN(CCCC(=O)c1ccc(Br)cc1)CC(=O)NC. The van der Waals surface area contributed by atoms with E-state index in [2.05, 4.69) is 21.2 Å². The molecule has 1 rings (SSSR count). The van der Waals surface area contributed by atoms with Crippen molar-refractivity contribution in [3.05, 3.63) is 34.3 Å². The smallest absolute Gasteiger partial charge is 0.233 e. The first-order valence-electron chi connectivity index (χ1n) is 6.78. The minimum absolute atomic E-state index is 0.00564. The molecule has 110 valence electrons.